The van der Waals surface area contributed by atoms with Crippen LogP contribution in [0.3, 0.4) is 0 Å². The number of nitrogens with one attached hydrogen (secondary N) is 3. The molecule has 29 heavy (non-hydrogen) atoms. The van der Waals surface area contributed by atoms with Gasteiger partial charge in [-0.15, -0.1) is 35.3 Å². The molecule has 9 nitrogen and oxygen atoms in total. The lowest BCUT2D eigenvalue weighted by atomic mass is 10.3. The summed E-state index contributed by atoms with van der Waals surface area (Å²) < 4.78 is 27.1. The van der Waals surface area contributed by atoms with E-state index in [0.717, 1.165) is 32.1 Å². The summed E-state index contributed by atoms with van der Waals surface area (Å²) in [5.74, 6) is 0.783. The number of amides is 1. The van der Waals surface area contributed by atoms with E-state index in [0.29, 0.717) is 17.3 Å². The van der Waals surface area contributed by atoms with E-state index in [1.807, 2.05) is 13.8 Å². The normalized spacial score (nSPS) is 15.9. The molecule has 1 aliphatic rings. The SMILES string of the molecule is CN=C(NCCNS(=O)(=O)c1cccs1)N1CCN(CC(=O)NC(C)C)CC1.I. The van der Waals surface area contributed by atoms with Crippen LogP contribution in [0.2, 0.25) is 0 Å². The van der Waals surface area contributed by atoms with Crippen LogP contribution >= 0.6 is 35.3 Å². The Balaban J connectivity index is 0.00000420. The van der Waals surface area contributed by atoms with Crippen LogP contribution in [0.1, 0.15) is 13.8 Å². The summed E-state index contributed by atoms with van der Waals surface area (Å²) in [6, 6.07) is 3.44. The van der Waals surface area contributed by atoms with Crippen molar-refractivity contribution in [1.82, 2.24) is 25.2 Å². The third kappa shape index (κ3) is 8.74. The van der Waals surface area contributed by atoms with Gasteiger partial charge in [-0.1, -0.05) is 6.07 Å². The molecule has 166 valence electrons. The van der Waals surface area contributed by atoms with Crippen molar-refractivity contribution in [1.29, 1.82) is 0 Å². The summed E-state index contributed by atoms with van der Waals surface area (Å²) in [7, 11) is -1.73. The number of piperazine rings is 1. The average Bonchev–Trinajstić information content (AvgIpc) is 3.18. The third-order valence-corrected chi connectivity index (χ3v) is 7.02. The lowest BCUT2D eigenvalue weighted by Crippen LogP contribution is -2.54. The predicted molar refractivity (Wildman–Crippen MR) is 128 cm³/mol. The van der Waals surface area contributed by atoms with Gasteiger partial charge < -0.3 is 15.5 Å². The maximum atomic E-state index is 12.1. The van der Waals surface area contributed by atoms with Crippen molar-refractivity contribution in [3.05, 3.63) is 17.5 Å². The third-order valence-electron chi connectivity index (χ3n) is 4.16. The standard InChI is InChI=1S/C17H30N6O3S2.HI/c1-14(2)21-15(24)13-22-8-10-23(11-9-22)17(18-3)19-6-7-20-28(25,26)16-5-4-12-27-16;/h4-5,12,14,20H,6-11,13H2,1-3H3,(H,18,19)(H,21,24);1H. The Kier molecular flexibility index (Phi) is 11.4. The van der Waals surface area contributed by atoms with Gasteiger partial charge in [0.05, 0.1) is 6.54 Å². The minimum atomic E-state index is -3.44. The topological polar surface area (TPSA) is 106 Å². The number of nitrogens with zero attached hydrogens (tertiary/aromatic N) is 3. The second-order valence-corrected chi connectivity index (χ2v) is 9.73. The Morgan fingerprint density at radius 1 is 1.24 bits per heavy atom. The van der Waals surface area contributed by atoms with Crippen molar-refractivity contribution in [2.75, 3.05) is 52.9 Å². The maximum Gasteiger partial charge on any atom is 0.250 e. The number of rotatable bonds is 8. The molecule has 0 radical (unpaired) electrons. The summed E-state index contributed by atoms with van der Waals surface area (Å²) in [6.07, 6.45) is 0. The van der Waals surface area contributed by atoms with Crippen molar-refractivity contribution in [3.8, 4) is 0 Å². The van der Waals surface area contributed by atoms with Gasteiger partial charge in [0, 0.05) is 52.4 Å². The van der Waals surface area contributed by atoms with Gasteiger partial charge in [0.2, 0.25) is 15.9 Å². The van der Waals surface area contributed by atoms with Crippen molar-refractivity contribution < 1.29 is 13.2 Å². The lowest BCUT2D eigenvalue weighted by molar-refractivity contribution is -0.123. The molecule has 3 N–H and O–H groups in total. The molecule has 1 amide bonds. The molecule has 1 fully saturated rings. The second-order valence-electron chi connectivity index (χ2n) is 6.79. The van der Waals surface area contributed by atoms with Gasteiger partial charge in [0.15, 0.2) is 5.96 Å². The highest BCUT2D eigenvalue weighted by molar-refractivity contribution is 14.0. The van der Waals surface area contributed by atoms with E-state index in [9.17, 15) is 13.2 Å². The molecule has 12 heteroatoms. The van der Waals surface area contributed by atoms with Crippen LogP contribution in [-0.2, 0) is 14.8 Å². The number of aliphatic imine (C=N–C) groups is 1. The minimum Gasteiger partial charge on any atom is -0.355 e. The number of hydrogen-bond acceptors (Lipinski definition) is 6. The molecule has 0 aromatic carbocycles. The Morgan fingerprint density at radius 2 is 1.93 bits per heavy atom. The minimum absolute atomic E-state index is 0. The van der Waals surface area contributed by atoms with Gasteiger partial charge in [0.25, 0.3) is 0 Å². The van der Waals surface area contributed by atoms with Gasteiger partial charge in [-0.3, -0.25) is 14.7 Å². The molecule has 1 aliphatic heterocycles. The monoisotopic (exact) mass is 558 g/mol. The largest absolute Gasteiger partial charge is 0.355 e. The van der Waals surface area contributed by atoms with Crippen LogP contribution in [0, 0.1) is 0 Å². The molecule has 2 heterocycles. The maximum absolute atomic E-state index is 12.1. The van der Waals surface area contributed by atoms with Crippen LogP contribution in [-0.4, -0.2) is 89.0 Å². The Morgan fingerprint density at radius 3 is 2.48 bits per heavy atom. The van der Waals surface area contributed by atoms with Gasteiger partial charge in [-0.05, 0) is 25.3 Å². The first-order valence-electron chi connectivity index (χ1n) is 9.32. The zero-order chi connectivity index (χ0) is 20.6. The van der Waals surface area contributed by atoms with Crippen molar-refractivity contribution in [3.63, 3.8) is 0 Å². The summed E-state index contributed by atoms with van der Waals surface area (Å²) in [6.45, 7) is 8.09. The first-order valence-corrected chi connectivity index (χ1v) is 11.7. The highest BCUT2D eigenvalue weighted by Gasteiger charge is 2.21. The van der Waals surface area contributed by atoms with E-state index in [4.69, 9.17) is 0 Å². The number of carbonyl (C=O) groups is 1. The lowest BCUT2D eigenvalue weighted by Gasteiger charge is -2.36. The van der Waals surface area contributed by atoms with Crippen LogP contribution in [0.4, 0.5) is 0 Å². The summed E-state index contributed by atoms with van der Waals surface area (Å²) >= 11 is 1.19. The Bertz CT molecular complexity index is 747. The molecule has 2 rings (SSSR count). The molecular weight excluding hydrogens is 527 g/mol. The van der Waals surface area contributed by atoms with Gasteiger partial charge in [-0.2, -0.15) is 0 Å². The molecule has 0 atom stereocenters. The molecule has 0 saturated carbocycles. The zero-order valence-electron chi connectivity index (χ0n) is 17.1. The number of hydrogen-bond donors (Lipinski definition) is 3. The zero-order valence-corrected chi connectivity index (χ0v) is 21.0. The van der Waals surface area contributed by atoms with Gasteiger partial charge in [-0.25, -0.2) is 13.1 Å². The van der Waals surface area contributed by atoms with Crippen LogP contribution in [0.15, 0.2) is 26.7 Å². The van der Waals surface area contributed by atoms with E-state index < -0.39 is 10.0 Å². The molecule has 0 bridgehead atoms. The molecule has 0 unspecified atom stereocenters. The average molecular weight is 559 g/mol. The first-order chi connectivity index (χ1) is 13.3. The smallest absolute Gasteiger partial charge is 0.250 e. The van der Waals surface area contributed by atoms with Crippen molar-refractivity contribution in [2.24, 2.45) is 4.99 Å². The van der Waals surface area contributed by atoms with E-state index in [1.54, 1.807) is 24.6 Å². The molecule has 0 spiro atoms. The summed E-state index contributed by atoms with van der Waals surface area (Å²) in [5.41, 5.74) is 0. The van der Waals surface area contributed by atoms with Gasteiger partial charge >= 0.3 is 0 Å². The van der Waals surface area contributed by atoms with Crippen molar-refractivity contribution >= 4 is 57.2 Å². The van der Waals surface area contributed by atoms with Crippen LogP contribution in [0.25, 0.3) is 0 Å². The van der Waals surface area contributed by atoms with E-state index >= 15 is 0 Å². The number of sulfonamides is 1. The van der Waals surface area contributed by atoms with Crippen LogP contribution < -0.4 is 15.4 Å². The van der Waals surface area contributed by atoms with Crippen LogP contribution in [0.5, 0.6) is 0 Å². The van der Waals surface area contributed by atoms with E-state index in [1.165, 1.54) is 11.3 Å². The van der Waals surface area contributed by atoms with Gasteiger partial charge in [0.1, 0.15) is 4.21 Å². The fourth-order valence-electron chi connectivity index (χ4n) is 2.87. The van der Waals surface area contributed by atoms with E-state index in [-0.39, 0.29) is 42.5 Å². The highest BCUT2D eigenvalue weighted by Crippen LogP contribution is 2.14. The van der Waals surface area contributed by atoms with E-state index in [2.05, 4.69) is 30.1 Å². The second kappa shape index (κ2) is 12.7. The summed E-state index contributed by atoms with van der Waals surface area (Å²) in [5, 5.41) is 7.84. The number of carbonyl (C=O) groups excluding carboxylic acids is 1. The molecule has 1 saturated heterocycles. The fraction of sp³-hybridized carbons (Fsp3) is 0.647. The highest BCUT2D eigenvalue weighted by atomic mass is 127. The number of thiophene rings is 1. The predicted octanol–water partition coefficient (Wildman–Crippen LogP) is 0.362. The number of guanidine groups is 1. The molecule has 0 aliphatic carbocycles. The van der Waals surface area contributed by atoms with Crippen molar-refractivity contribution in [2.45, 2.75) is 24.1 Å². The summed E-state index contributed by atoms with van der Waals surface area (Å²) in [4.78, 5) is 20.4. The molecular formula is C17H31IN6O3S2. The molecule has 1 aromatic heterocycles. The molecule has 1 aromatic rings. The number of halogens is 1. The quantitative estimate of drug-likeness (QED) is 0.184. The Hall–Kier alpha value is -0.960. The fourth-order valence-corrected chi connectivity index (χ4v) is 4.94. The Labute approximate surface area is 194 Å². The first kappa shape index (κ1) is 26.1.